The molecule has 1 aromatic carbocycles. The predicted molar refractivity (Wildman–Crippen MR) is 79.5 cm³/mol. The molecule has 1 aromatic rings. The van der Waals surface area contributed by atoms with E-state index in [9.17, 15) is 20.0 Å². The topological polar surface area (TPSA) is 92.5 Å². The number of hydrogen-bond acceptors (Lipinski definition) is 4. The van der Waals surface area contributed by atoms with Gasteiger partial charge in [-0.15, -0.1) is 0 Å². The van der Waals surface area contributed by atoms with Crippen LogP contribution >= 0.6 is 0 Å². The first-order chi connectivity index (χ1) is 9.96. The summed E-state index contributed by atoms with van der Waals surface area (Å²) >= 11 is 0. The smallest absolute Gasteiger partial charge is 0.329 e. The number of aliphatic carboxylic acids is 1. The standard InChI is InChI=1S/C15H20N2O4/c1-11-12(7-6-8-13(11)17(20)21)16-15(14(18)19)9-4-2-3-5-10-15/h6-8,16H,2-5,9-10H2,1H3,(H,18,19). The summed E-state index contributed by atoms with van der Waals surface area (Å²) in [4.78, 5) is 22.3. The minimum absolute atomic E-state index is 0.00848. The zero-order valence-corrected chi connectivity index (χ0v) is 12.1. The molecular formula is C15H20N2O4. The van der Waals surface area contributed by atoms with E-state index in [2.05, 4.69) is 5.32 Å². The SMILES string of the molecule is Cc1c(NC2(C(=O)O)CCCCCC2)cccc1[N+](=O)[O-]. The van der Waals surface area contributed by atoms with E-state index in [1.165, 1.54) is 6.07 Å². The number of nitro groups is 1. The molecule has 6 nitrogen and oxygen atoms in total. The molecule has 0 spiro atoms. The zero-order valence-electron chi connectivity index (χ0n) is 12.1. The lowest BCUT2D eigenvalue weighted by Crippen LogP contribution is -2.46. The van der Waals surface area contributed by atoms with Crippen LogP contribution in [0.2, 0.25) is 0 Å². The van der Waals surface area contributed by atoms with Gasteiger partial charge in [0.25, 0.3) is 5.69 Å². The highest BCUT2D eigenvalue weighted by Gasteiger charge is 2.39. The largest absolute Gasteiger partial charge is 0.480 e. The molecule has 1 fully saturated rings. The molecule has 2 N–H and O–H groups in total. The van der Waals surface area contributed by atoms with Crippen molar-refractivity contribution in [3.05, 3.63) is 33.9 Å². The number of benzene rings is 1. The molecule has 0 amide bonds. The van der Waals surface area contributed by atoms with Crippen LogP contribution in [-0.4, -0.2) is 21.5 Å². The number of anilines is 1. The van der Waals surface area contributed by atoms with Crippen LogP contribution in [-0.2, 0) is 4.79 Å². The number of carboxylic acid groups (broad SMARTS) is 1. The molecule has 1 aliphatic carbocycles. The monoisotopic (exact) mass is 292 g/mol. The minimum Gasteiger partial charge on any atom is -0.480 e. The van der Waals surface area contributed by atoms with E-state index in [1.54, 1.807) is 19.1 Å². The molecule has 2 rings (SSSR count). The van der Waals surface area contributed by atoms with E-state index in [1.807, 2.05) is 0 Å². The fourth-order valence-corrected chi connectivity index (χ4v) is 2.94. The van der Waals surface area contributed by atoms with Crippen molar-refractivity contribution in [2.24, 2.45) is 0 Å². The normalized spacial score (nSPS) is 17.8. The lowest BCUT2D eigenvalue weighted by molar-refractivity contribution is -0.385. The second kappa shape index (κ2) is 6.11. The highest BCUT2D eigenvalue weighted by molar-refractivity contribution is 5.83. The maximum atomic E-state index is 11.8. The Morgan fingerprint density at radius 2 is 1.90 bits per heavy atom. The van der Waals surface area contributed by atoms with Gasteiger partial charge in [0.1, 0.15) is 5.54 Å². The van der Waals surface area contributed by atoms with Crippen LogP contribution in [0.1, 0.15) is 44.1 Å². The summed E-state index contributed by atoms with van der Waals surface area (Å²) in [5.74, 6) is -0.879. The summed E-state index contributed by atoms with van der Waals surface area (Å²) in [6.45, 7) is 1.65. The first kappa shape index (κ1) is 15.3. The molecule has 1 saturated carbocycles. The van der Waals surface area contributed by atoms with Crippen molar-refractivity contribution in [2.45, 2.75) is 51.0 Å². The Kier molecular flexibility index (Phi) is 4.45. The van der Waals surface area contributed by atoms with Crippen molar-refractivity contribution < 1.29 is 14.8 Å². The molecule has 114 valence electrons. The number of hydrogen-bond donors (Lipinski definition) is 2. The second-order valence-corrected chi connectivity index (χ2v) is 5.63. The fourth-order valence-electron chi connectivity index (χ4n) is 2.94. The Morgan fingerprint density at radius 1 is 1.29 bits per heavy atom. The van der Waals surface area contributed by atoms with Crippen molar-refractivity contribution in [2.75, 3.05) is 5.32 Å². The van der Waals surface area contributed by atoms with Gasteiger partial charge in [0.05, 0.1) is 4.92 Å². The third-order valence-electron chi connectivity index (χ3n) is 4.24. The van der Waals surface area contributed by atoms with Crippen molar-refractivity contribution >= 4 is 17.3 Å². The molecule has 0 aromatic heterocycles. The summed E-state index contributed by atoms with van der Waals surface area (Å²) in [5.41, 5.74) is 0.00580. The second-order valence-electron chi connectivity index (χ2n) is 5.63. The van der Waals surface area contributed by atoms with Crippen LogP contribution in [0.25, 0.3) is 0 Å². The molecule has 0 radical (unpaired) electrons. The van der Waals surface area contributed by atoms with Gasteiger partial charge in [-0.2, -0.15) is 0 Å². The first-order valence-corrected chi connectivity index (χ1v) is 7.22. The maximum Gasteiger partial charge on any atom is 0.329 e. The van der Waals surface area contributed by atoms with Crippen LogP contribution < -0.4 is 5.32 Å². The van der Waals surface area contributed by atoms with Crippen LogP contribution in [0.3, 0.4) is 0 Å². The number of nitro benzene ring substituents is 1. The molecule has 0 saturated heterocycles. The highest BCUT2D eigenvalue weighted by atomic mass is 16.6. The summed E-state index contributed by atoms with van der Waals surface area (Å²) in [7, 11) is 0. The first-order valence-electron chi connectivity index (χ1n) is 7.22. The number of carboxylic acids is 1. The maximum absolute atomic E-state index is 11.8. The molecule has 0 unspecified atom stereocenters. The van der Waals surface area contributed by atoms with Gasteiger partial charge in [-0.05, 0) is 25.8 Å². The van der Waals surface area contributed by atoms with Gasteiger partial charge in [0, 0.05) is 17.3 Å². The van der Waals surface area contributed by atoms with E-state index < -0.39 is 16.4 Å². The quantitative estimate of drug-likeness (QED) is 0.503. The Balaban J connectivity index is 2.35. The molecule has 0 aliphatic heterocycles. The van der Waals surface area contributed by atoms with Gasteiger partial charge in [0.15, 0.2) is 0 Å². The van der Waals surface area contributed by atoms with Crippen molar-refractivity contribution in [3.63, 3.8) is 0 Å². The van der Waals surface area contributed by atoms with Gasteiger partial charge in [0.2, 0.25) is 0 Å². The van der Waals surface area contributed by atoms with Gasteiger partial charge in [-0.25, -0.2) is 4.79 Å². The summed E-state index contributed by atoms with van der Waals surface area (Å²) in [6, 6.07) is 4.72. The Labute approximate surface area is 123 Å². The van der Waals surface area contributed by atoms with E-state index in [0.717, 1.165) is 25.7 Å². The minimum atomic E-state index is -1.02. The molecule has 21 heavy (non-hydrogen) atoms. The van der Waals surface area contributed by atoms with Gasteiger partial charge in [-0.1, -0.05) is 31.7 Å². The number of nitrogens with one attached hydrogen (secondary N) is 1. The van der Waals surface area contributed by atoms with Gasteiger partial charge in [-0.3, -0.25) is 10.1 Å². The van der Waals surface area contributed by atoms with Crippen LogP contribution in [0.15, 0.2) is 18.2 Å². The lowest BCUT2D eigenvalue weighted by atomic mass is 9.89. The van der Waals surface area contributed by atoms with E-state index >= 15 is 0 Å². The highest BCUT2D eigenvalue weighted by Crippen LogP contribution is 2.34. The van der Waals surface area contributed by atoms with E-state index in [0.29, 0.717) is 24.1 Å². The van der Waals surface area contributed by atoms with Crippen molar-refractivity contribution in [3.8, 4) is 0 Å². The van der Waals surface area contributed by atoms with Gasteiger partial charge < -0.3 is 10.4 Å². The van der Waals surface area contributed by atoms with E-state index in [4.69, 9.17) is 0 Å². The molecule has 0 bridgehead atoms. The van der Waals surface area contributed by atoms with Crippen LogP contribution in [0.4, 0.5) is 11.4 Å². The van der Waals surface area contributed by atoms with E-state index in [-0.39, 0.29) is 5.69 Å². The Morgan fingerprint density at radius 3 is 2.43 bits per heavy atom. The number of carbonyl (C=O) groups is 1. The van der Waals surface area contributed by atoms with Gasteiger partial charge >= 0.3 is 5.97 Å². The molecule has 0 atom stereocenters. The molecule has 1 aliphatic rings. The van der Waals surface area contributed by atoms with Crippen LogP contribution in [0.5, 0.6) is 0 Å². The lowest BCUT2D eigenvalue weighted by Gasteiger charge is -2.31. The molecule has 6 heteroatoms. The average molecular weight is 292 g/mol. The molecular weight excluding hydrogens is 272 g/mol. The number of rotatable bonds is 4. The third-order valence-corrected chi connectivity index (χ3v) is 4.24. The summed E-state index contributed by atoms with van der Waals surface area (Å²) < 4.78 is 0. The fraction of sp³-hybridized carbons (Fsp3) is 0.533. The Bertz CT molecular complexity index is 549. The van der Waals surface area contributed by atoms with Crippen molar-refractivity contribution in [1.82, 2.24) is 0 Å². The summed E-state index contributed by atoms with van der Waals surface area (Å²) in [5, 5.41) is 23.7. The third kappa shape index (κ3) is 3.15. The Hall–Kier alpha value is -2.11. The summed E-state index contributed by atoms with van der Waals surface area (Å²) in [6.07, 6.45) is 4.87. The average Bonchev–Trinajstić information content (AvgIpc) is 2.67. The zero-order chi connectivity index (χ0) is 15.5. The molecule has 0 heterocycles. The predicted octanol–water partition coefficient (Wildman–Crippen LogP) is 3.49. The van der Waals surface area contributed by atoms with Crippen LogP contribution in [0, 0.1) is 17.0 Å². The van der Waals surface area contributed by atoms with Crippen molar-refractivity contribution in [1.29, 1.82) is 0 Å². The number of nitrogens with zero attached hydrogens (tertiary/aromatic N) is 1.